The lowest BCUT2D eigenvalue weighted by Gasteiger charge is -2.15. The van der Waals surface area contributed by atoms with Crippen LogP contribution in [0.25, 0.3) is 0 Å². The maximum absolute atomic E-state index is 12.9. The van der Waals surface area contributed by atoms with Gasteiger partial charge in [0.2, 0.25) is 5.89 Å². The van der Waals surface area contributed by atoms with Gasteiger partial charge < -0.3 is 9.15 Å². The third-order valence-electron chi connectivity index (χ3n) is 5.04. The molecule has 1 aliphatic heterocycles. The van der Waals surface area contributed by atoms with E-state index in [9.17, 15) is 12.8 Å². The zero-order valence-electron chi connectivity index (χ0n) is 16.5. The average molecular weight is 431 g/mol. The second-order valence-corrected chi connectivity index (χ2v) is 9.43. The molecule has 2 heterocycles. The van der Waals surface area contributed by atoms with Crippen LogP contribution in [0.1, 0.15) is 29.7 Å². The lowest BCUT2D eigenvalue weighted by atomic mass is 10.1. The van der Waals surface area contributed by atoms with Crippen LogP contribution in [-0.4, -0.2) is 42.9 Å². The van der Waals surface area contributed by atoms with Gasteiger partial charge in [-0.05, 0) is 54.9 Å². The van der Waals surface area contributed by atoms with Crippen molar-refractivity contribution in [3.63, 3.8) is 0 Å². The number of nitrogens with zero attached hydrogens (tertiary/aromatic N) is 3. The van der Waals surface area contributed by atoms with Crippen molar-refractivity contribution in [2.75, 3.05) is 19.3 Å². The molecule has 0 aliphatic carbocycles. The zero-order valence-corrected chi connectivity index (χ0v) is 17.3. The van der Waals surface area contributed by atoms with Gasteiger partial charge in [-0.1, -0.05) is 12.1 Å². The van der Waals surface area contributed by atoms with Gasteiger partial charge in [-0.15, -0.1) is 10.2 Å². The predicted octanol–water partition coefficient (Wildman–Crippen LogP) is 3.18. The maximum atomic E-state index is 12.9. The Hall–Kier alpha value is -2.78. The number of likely N-dealkylation sites (tertiary alicyclic amines) is 1. The van der Waals surface area contributed by atoms with E-state index in [1.807, 2.05) is 12.1 Å². The molecule has 1 fully saturated rings. The summed E-state index contributed by atoms with van der Waals surface area (Å²) in [4.78, 5) is 2.60. The van der Waals surface area contributed by atoms with E-state index in [0.717, 1.165) is 31.6 Å². The molecular formula is C21H22FN3O4S. The molecule has 0 saturated carbocycles. The van der Waals surface area contributed by atoms with Crippen LogP contribution >= 0.6 is 0 Å². The summed E-state index contributed by atoms with van der Waals surface area (Å²) in [6, 6.07) is 12.7. The first-order chi connectivity index (χ1) is 14.4. The van der Waals surface area contributed by atoms with Gasteiger partial charge in [0.1, 0.15) is 11.6 Å². The molecule has 1 unspecified atom stereocenters. The summed E-state index contributed by atoms with van der Waals surface area (Å²) in [7, 11) is -3.18. The van der Waals surface area contributed by atoms with Crippen LogP contribution in [0, 0.1) is 5.82 Å². The van der Waals surface area contributed by atoms with E-state index < -0.39 is 9.84 Å². The van der Waals surface area contributed by atoms with Crippen molar-refractivity contribution >= 4 is 9.84 Å². The van der Waals surface area contributed by atoms with E-state index in [0.29, 0.717) is 22.4 Å². The normalized spacial score (nSPS) is 17.3. The standard InChI is InChI=1S/C21H22FN3O4S/c1-30(26,27)19-8-2-15(3-9-19)12-25-11-10-16(13-25)21-24-23-20(29-21)14-28-18-6-4-17(22)5-7-18/h2-9,16H,10-14H2,1H3. The van der Waals surface area contributed by atoms with E-state index in [-0.39, 0.29) is 18.3 Å². The fourth-order valence-electron chi connectivity index (χ4n) is 3.44. The lowest BCUT2D eigenvalue weighted by molar-refractivity contribution is 0.255. The summed E-state index contributed by atoms with van der Waals surface area (Å²) < 4.78 is 47.4. The molecule has 0 amide bonds. The van der Waals surface area contributed by atoms with E-state index in [2.05, 4.69) is 15.1 Å². The first kappa shape index (κ1) is 20.5. The molecule has 1 aromatic heterocycles. The Morgan fingerprint density at radius 1 is 1.13 bits per heavy atom. The van der Waals surface area contributed by atoms with Gasteiger partial charge in [-0.2, -0.15) is 0 Å². The summed E-state index contributed by atoms with van der Waals surface area (Å²) in [6.45, 7) is 2.54. The topological polar surface area (TPSA) is 85.5 Å². The number of rotatable bonds is 7. The first-order valence-electron chi connectivity index (χ1n) is 9.59. The molecule has 9 heteroatoms. The Labute approximate surface area is 174 Å². The minimum atomic E-state index is -3.18. The SMILES string of the molecule is CS(=O)(=O)c1ccc(CN2CCC(c3nnc(COc4ccc(F)cc4)o3)C2)cc1. The van der Waals surface area contributed by atoms with Crippen LogP contribution in [0.15, 0.2) is 57.8 Å². The van der Waals surface area contributed by atoms with Crippen molar-refractivity contribution in [1.29, 1.82) is 0 Å². The molecule has 2 aromatic carbocycles. The number of benzene rings is 2. The van der Waals surface area contributed by atoms with Crippen molar-refractivity contribution in [2.24, 2.45) is 0 Å². The number of halogens is 1. The molecular weight excluding hydrogens is 409 g/mol. The first-order valence-corrected chi connectivity index (χ1v) is 11.5. The smallest absolute Gasteiger partial charge is 0.253 e. The van der Waals surface area contributed by atoms with Gasteiger partial charge in [0.15, 0.2) is 16.4 Å². The molecule has 30 heavy (non-hydrogen) atoms. The van der Waals surface area contributed by atoms with Crippen LogP contribution in [0.2, 0.25) is 0 Å². The molecule has 1 saturated heterocycles. The van der Waals surface area contributed by atoms with E-state index in [1.165, 1.54) is 18.4 Å². The molecule has 4 rings (SSSR count). The molecule has 158 valence electrons. The van der Waals surface area contributed by atoms with Gasteiger partial charge in [0.05, 0.1) is 10.8 Å². The maximum Gasteiger partial charge on any atom is 0.253 e. The molecule has 0 N–H and O–H groups in total. The van der Waals surface area contributed by atoms with Crippen LogP contribution < -0.4 is 4.74 Å². The van der Waals surface area contributed by atoms with Gasteiger partial charge in [0.25, 0.3) is 5.89 Å². The minimum Gasteiger partial charge on any atom is -0.484 e. The van der Waals surface area contributed by atoms with Crippen LogP contribution in [0.3, 0.4) is 0 Å². The van der Waals surface area contributed by atoms with Gasteiger partial charge >= 0.3 is 0 Å². The Bertz CT molecular complexity index is 1100. The fourth-order valence-corrected chi connectivity index (χ4v) is 4.07. The molecule has 7 nitrogen and oxygen atoms in total. The highest BCUT2D eigenvalue weighted by molar-refractivity contribution is 7.90. The number of ether oxygens (including phenoxy) is 1. The quantitative estimate of drug-likeness (QED) is 0.568. The van der Waals surface area contributed by atoms with Crippen molar-refractivity contribution in [3.8, 4) is 5.75 Å². The van der Waals surface area contributed by atoms with E-state index >= 15 is 0 Å². The van der Waals surface area contributed by atoms with Gasteiger partial charge in [-0.25, -0.2) is 12.8 Å². The Kier molecular flexibility index (Phi) is 5.83. The van der Waals surface area contributed by atoms with Crippen molar-refractivity contribution in [2.45, 2.75) is 30.4 Å². The second-order valence-electron chi connectivity index (χ2n) is 7.41. The highest BCUT2D eigenvalue weighted by Crippen LogP contribution is 2.27. The highest BCUT2D eigenvalue weighted by atomic mass is 32.2. The third-order valence-corrected chi connectivity index (χ3v) is 6.17. The van der Waals surface area contributed by atoms with Crippen molar-refractivity contribution in [1.82, 2.24) is 15.1 Å². The third kappa shape index (κ3) is 5.03. The molecule has 1 aliphatic rings. The number of hydrogen-bond donors (Lipinski definition) is 0. The summed E-state index contributed by atoms with van der Waals surface area (Å²) in [6.07, 6.45) is 2.11. The zero-order chi connectivity index (χ0) is 21.1. The van der Waals surface area contributed by atoms with Gasteiger partial charge in [-0.3, -0.25) is 4.90 Å². The van der Waals surface area contributed by atoms with Gasteiger partial charge in [0, 0.05) is 19.3 Å². The lowest BCUT2D eigenvalue weighted by Crippen LogP contribution is -2.19. The molecule has 0 bridgehead atoms. The number of sulfone groups is 1. The Balaban J connectivity index is 1.30. The largest absolute Gasteiger partial charge is 0.484 e. The fraction of sp³-hybridized carbons (Fsp3) is 0.333. The number of aromatic nitrogens is 2. The average Bonchev–Trinajstić information content (AvgIpc) is 3.37. The van der Waals surface area contributed by atoms with E-state index in [1.54, 1.807) is 24.3 Å². The van der Waals surface area contributed by atoms with Crippen LogP contribution in [0.4, 0.5) is 4.39 Å². The minimum absolute atomic E-state index is 0.127. The molecule has 0 radical (unpaired) electrons. The summed E-state index contributed by atoms with van der Waals surface area (Å²) in [5, 5.41) is 8.20. The van der Waals surface area contributed by atoms with E-state index in [4.69, 9.17) is 9.15 Å². The van der Waals surface area contributed by atoms with Crippen molar-refractivity contribution < 1.29 is 22.0 Å². The van der Waals surface area contributed by atoms with Crippen molar-refractivity contribution in [3.05, 3.63) is 71.7 Å². The predicted molar refractivity (Wildman–Crippen MR) is 107 cm³/mol. The number of hydrogen-bond acceptors (Lipinski definition) is 7. The second kappa shape index (κ2) is 8.53. The van der Waals surface area contributed by atoms with Crippen LogP contribution in [-0.2, 0) is 23.0 Å². The Morgan fingerprint density at radius 3 is 2.57 bits per heavy atom. The Morgan fingerprint density at radius 2 is 1.87 bits per heavy atom. The summed E-state index contributed by atoms with van der Waals surface area (Å²) in [5.41, 5.74) is 1.06. The molecule has 0 spiro atoms. The highest BCUT2D eigenvalue weighted by Gasteiger charge is 2.28. The summed E-state index contributed by atoms with van der Waals surface area (Å²) >= 11 is 0. The monoisotopic (exact) mass is 431 g/mol. The van der Waals surface area contributed by atoms with Crippen LogP contribution in [0.5, 0.6) is 5.75 Å². The summed E-state index contributed by atoms with van der Waals surface area (Å²) in [5.74, 6) is 1.32. The molecule has 1 atom stereocenters. The molecule has 3 aromatic rings.